The predicted molar refractivity (Wildman–Crippen MR) is 77.3 cm³/mol. The van der Waals surface area contributed by atoms with Crippen molar-refractivity contribution in [2.24, 2.45) is 0 Å². The standard InChI is InChI=1S/C15H24N2O2/c1-11(2)19-14-7-5-13(6-8-14)12(3)17-10-9-15(18)16-4/h5-8,11-12,17H,9-10H2,1-4H3,(H,16,18). The highest BCUT2D eigenvalue weighted by Gasteiger charge is 2.06. The quantitative estimate of drug-likeness (QED) is 0.794. The molecule has 0 fully saturated rings. The summed E-state index contributed by atoms with van der Waals surface area (Å²) in [7, 11) is 1.65. The van der Waals surface area contributed by atoms with E-state index in [1.54, 1.807) is 7.05 Å². The van der Waals surface area contributed by atoms with Crippen molar-refractivity contribution in [2.45, 2.75) is 39.3 Å². The third-order valence-electron chi connectivity index (χ3n) is 2.83. The number of hydrogen-bond acceptors (Lipinski definition) is 3. The largest absolute Gasteiger partial charge is 0.491 e. The van der Waals surface area contributed by atoms with E-state index in [-0.39, 0.29) is 18.1 Å². The molecule has 4 heteroatoms. The van der Waals surface area contributed by atoms with Crippen molar-refractivity contribution in [3.8, 4) is 5.75 Å². The van der Waals surface area contributed by atoms with Crippen LogP contribution in [0, 0.1) is 0 Å². The fourth-order valence-corrected chi connectivity index (χ4v) is 1.75. The normalized spacial score (nSPS) is 12.3. The average Bonchev–Trinajstić information content (AvgIpc) is 2.38. The molecule has 0 saturated heterocycles. The number of nitrogens with one attached hydrogen (secondary N) is 2. The number of benzene rings is 1. The number of carbonyl (C=O) groups excluding carboxylic acids is 1. The summed E-state index contributed by atoms with van der Waals surface area (Å²) in [5.41, 5.74) is 1.19. The molecule has 0 heterocycles. The Kier molecular flexibility index (Phi) is 6.36. The average molecular weight is 264 g/mol. The zero-order valence-corrected chi connectivity index (χ0v) is 12.2. The molecule has 1 rings (SSSR count). The molecule has 0 radical (unpaired) electrons. The molecule has 0 aliphatic rings. The Bertz CT molecular complexity index is 388. The predicted octanol–water partition coefficient (Wildman–Crippen LogP) is 2.26. The van der Waals surface area contributed by atoms with E-state index in [0.29, 0.717) is 13.0 Å². The first-order valence-electron chi connectivity index (χ1n) is 6.73. The highest BCUT2D eigenvalue weighted by Crippen LogP contribution is 2.18. The van der Waals surface area contributed by atoms with Crippen LogP contribution in [0.15, 0.2) is 24.3 Å². The summed E-state index contributed by atoms with van der Waals surface area (Å²) in [6, 6.07) is 8.28. The first kappa shape index (κ1) is 15.5. The van der Waals surface area contributed by atoms with Crippen LogP contribution in [0.4, 0.5) is 0 Å². The second kappa shape index (κ2) is 7.79. The monoisotopic (exact) mass is 264 g/mol. The van der Waals surface area contributed by atoms with Crippen molar-refractivity contribution >= 4 is 5.91 Å². The number of amides is 1. The Morgan fingerprint density at radius 2 is 1.84 bits per heavy atom. The van der Waals surface area contributed by atoms with Gasteiger partial charge in [0.25, 0.3) is 0 Å². The van der Waals surface area contributed by atoms with Crippen LogP contribution in [0.1, 0.15) is 38.8 Å². The maximum absolute atomic E-state index is 11.1. The Balaban J connectivity index is 2.44. The van der Waals surface area contributed by atoms with E-state index in [1.165, 1.54) is 5.56 Å². The minimum Gasteiger partial charge on any atom is -0.491 e. The Hall–Kier alpha value is -1.55. The number of carbonyl (C=O) groups is 1. The van der Waals surface area contributed by atoms with Crippen molar-refractivity contribution in [1.82, 2.24) is 10.6 Å². The minimum atomic E-state index is 0.0559. The van der Waals surface area contributed by atoms with Gasteiger partial charge in [0.15, 0.2) is 0 Å². The van der Waals surface area contributed by atoms with E-state index in [9.17, 15) is 4.79 Å². The summed E-state index contributed by atoms with van der Waals surface area (Å²) in [4.78, 5) is 11.1. The Labute approximate surface area is 115 Å². The van der Waals surface area contributed by atoms with Gasteiger partial charge in [0.05, 0.1) is 6.10 Å². The van der Waals surface area contributed by atoms with E-state index in [2.05, 4.69) is 29.7 Å². The lowest BCUT2D eigenvalue weighted by atomic mass is 10.1. The molecular weight excluding hydrogens is 240 g/mol. The Morgan fingerprint density at radius 1 is 1.21 bits per heavy atom. The van der Waals surface area contributed by atoms with Crippen LogP contribution in [0.2, 0.25) is 0 Å². The fraction of sp³-hybridized carbons (Fsp3) is 0.533. The zero-order chi connectivity index (χ0) is 14.3. The van der Waals surface area contributed by atoms with Crippen LogP contribution in [-0.2, 0) is 4.79 Å². The minimum absolute atomic E-state index is 0.0559. The van der Waals surface area contributed by atoms with Crippen LogP contribution in [-0.4, -0.2) is 25.6 Å². The summed E-state index contributed by atoms with van der Waals surface area (Å²) < 4.78 is 5.60. The molecule has 1 atom stereocenters. The molecule has 0 aliphatic heterocycles. The van der Waals surface area contributed by atoms with E-state index in [4.69, 9.17) is 4.74 Å². The van der Waals surface area contributed by atoms with Crippen LogP contribution in [0.3, 0.4) is 0 Å². The lowest BCUT2D eigenvalue weighted by Crippen LogP contribution is -2.26. The lowest BCUT2D eigenvalue weighted by molar-refractivity contribution is -0.120. The number of ether oxygens (including phenoxy) is 1. The molecule has 0 aromatic heterocycles. The van der Waals surface area contributed by atoms with Gasteiger partial charge in [-0.15, -0.1) is 0 Å². The van der Waals surface area contributed by atoms with Gasteiger partial charge in [0.2, 0.25) is 5.91 Å². The zero-order valence-electron chi connectivity index (χ0n) is 12.2. The molecule has 1 amide bonds. The van der Waals surface area contributed by atoms with E-state index in [1.807, 2.05) is 26.0 Å². The van der Waals surface area contributed by atoms with Gasteiger partial charge in [-0.05, 0) is 38.5 Å². The van der Waals surface area contributed by atoms with E-state index in [0.717, 1.165) is 5.75 Å². The molecule has 19 heavy (non-hydrogen) atoms. The first-order chi connectivity index (χ1) is 9.02. The SMILES string of the molecule is CNC(=O)CCNC(C)c1ccc(OC(C)C)cc1. The van der Waals surface area contributed by atoms with Gasteiger partial charge >= 0.3 is 0 Å². The van der Waals surface area contributed by atoms with Gasteiger partial charge in [-0.2, -0.15) is 0 Å². The number of rotatable bonds is 7. The third kappa shape index (κ3) is 5.75. The molecule has 4 nitrogen and oxygen atoms in total. The summed E-state index contributed by atoms with van der Waals surface area (Å²) in [5, 5.41) is 5.93. The molecule has 106 valence electrons. The number of hydrogen-bond donors (Lipinski definition) is 2. The first-order valence-corrected chi connectivity index (χ1v) is 6.73. The topological polar surface area (TPSA) is 50.4 Å². The summed E-state index contributed by atoms with van der Waals surface area (Å²) in [6.45, 7) is 6.78. The van der Waals surface area contributed by atoms with Crippen molar-refractivity contribution in [3.63, 3.8) is 0 Å². The molecule has 1 aromatic carbocycles. The molecule has 1 unspecified atom stereocenters. The smallest absolute Gasteiger partial charge is 0.221 e. The second-order valence-corrected chi connectivity index (χ2v) is 4.83. The maximum Gasteiger partial charge on any atom is 0.221 e. The molecule has 1 aromatic rings. The van der Waals surface area contributed by atoms with Crippen molar-refractivity contribution in [1.29, 1.82) is 0 Å². The van der Waals surface area contributed by atoms with Crippen LogP contribution in [0.5, 0.6) is 5.75 Å². The molecular formula is C15H24N2O2. The van der Waals surface area contributed by atoms with Crippen molar-refractivity contribution in [2.75, 3.05) is 13.6 Å². The van der Waals surface area contributed by atoms with Gasteiger partial charge < -0.3 is 15.4 Å². The van der Waals surface area contributed by atoms with Gasteiger partial charge in [0.1, 0.15) is 5.75 Å². The maximum atomic E-state index is 11.1. The van der Waals surface area contributed by atoms with Gasteiger partial charge in [-0.3, -0.25) is 4.79 Å². The Morgan fingerprint density at radius 3 is 2.37 bits per heavy atom. The highest BCUT2D eigenvalue weighted by molar-refractivity contribution is 5.75. The van der Waals surface area contributed by atoms with Gasteiger partial charge in [-0.1, -0.05) is 12.1 Å². The van der Waals surface area contributed by atoms with Crippen molar-refractivity contribution in [3.05, 3.63) is 29.8 Å². The van der Waals surface area contributed by atoms with Gasteiger partial charge in [0, 0.05) is 26.1 Å². The van der Waals surface area contributed by atoms with Crippen LogP contribution >= 0.6 is 0 Å². The summed E-state index contributed by atoms with van der Waals surface area (Å²) in [6.07, 6.45) is 0.684. The molecule has 0 spiro atoms. The fourth-order valence-electron chi connectivity index (χ4n) is 1.75. The second-order valence-electron chi connectivity index (χ2n) is 4.83. The molecule has 2 N–H and O–H groups in total. The third-order valence-corrected chi connectivity index (χ3v) is 2.83. The van der Waals surface area contributed by atoms with Crippen LogP contribution < -0.4 is 15.4 Å². The lowest BCUT2D eigenvalue weighted by Gasteiger charge is -2.15. The van der Waals surface area contributed by atoms with Gasteiger partial charge in [-0.25, -0.2) is 0 Å². The molecule has 0 saturated carbocycles. The van der Waals surface area contributed by atoms with E-state index >= 15 is 0 Å². The molecule has 0 aliphatic carbocycles. The highest BCUT2D eigenvalue weighted by atomic mass is 16.5. The summed E-state index contributed by atoms with van der Waals surface area (Å²) in [5.74, 6) is 0.941. The van der Waals surface area contributed by atoms with E-state index < -0.39 is 0 Å². The van der Waals surface area contributed by atoms with Crippen molar-refractivity contribution < 1.29 is 9.53 Å². The van der Waals surface area contributed by atoms with Crippen LogP contribution in [0.25, 0.3) is 0 Å². The summed E-state index contributed by atoms with van der Waals surface area (Å²) >= 11 is 0. The molecule has 0 bridgehead atoms.